The Morgan fingerprint density at radius 2 is 1.29 bits per heavy atom. The molecular weight excluding hydrogens is 526 g/mol. The van der Waals surface area contributed by atoms with Crippen molar-refractivity contribution in [1.82, 2.24) is 10.2 Å². The molecule has 2 aromatic carbocycles. The number of carbonyl (C=O) groups is 1. The van der Waals surface area contributed by atoms with Gasteiger partial charge < -0.3 is 10.2 Å². The van der Waals surface area contributed by atoms with E-state index in [0.29, 0.717) is 35.6 Å². The molecule has 3 atom stereocenters. The van der Waals surface area contributed by atoms with Crippen molar-refractivity contribution in [3.05, 3.63) is 71.3 Å². The van der Waals surface area contributed by atoms with Gasteiger partial charge in [-0.25, -0.2) is 8.78 Å². The van der Waals surface area contributed by atoms with Crippen LogP contribution in [-0.2, 0) is 4.79 Å². The van der Waals surface area contributed by atoms with E-state index in [1.807, 2.05) is 24.3 Å². The lowest BCUT2D eigenvalue weighted by Crippen LogP contribution is -2.47. The van der Waals surface area contributed by atoms with Crippen molar-refractivity contribution < 1.29 is 13.6 Å². The lowest BCUT2D eigenvalue weighted by molar-refractivity contribution is -0.131. The van der Waals surface area contributed by atoms with Crippen LogP contribution in [0.4, 0.5) is 8.78 Å². The molecule has 5 heteroatoms. The molecule has 4 fully saturated rings. The molecule has 4 aliphatic rings. The van der Waals surface area contributed by atoms with Gasteiger partial charge in [0.1, 0.15) is 11.6 Å². The van der Waals surface area contributed by atoms with Crippen molar-refractivity contribution in [2.24, 2.45) is 29.6 Å². The van der Waals surface area contributed by atoms with Crippen LogP contribution in [0.2, 0.25) is 0 Å². The third-order valence-corrected chi connectivity index (χ3v) is 11.4. The van der Waals surface area contributed by atoms with Crippen LogP contribution in [0.25, 0.3) is 0 Å². The topological polar surface area (TPSA) is 32.3 Å². The predicted octanol–water partition coefficient (Wildman–Crippen LogP) is 8.48. The molecule has 1 N–H and O–H groups in total. The van der Waals surface area contributed by atoms with Crippen molar-refractivity contribution >= 4 is 5.91 Å². The number of hydrogen-bond donors (Lipinski definition) is 1. The van der Waals surface area contributed by atoms with Gasteiger partial charge in [-0.2, -0.15) is 0 Å². The highest BCUT2D eigenvalue weighted by molar-refractivity contribution is 5.79. The summed E-state index contributed by atoms with van der Waals surface area (Å²) in [6.07, 6.45) is 17.2. The van der Waals surface area contributed by atoms with Crippen LogP contribution in [0, 0.1) is 41.2 Å². The van der Waals surface area contributed by atoms with E-state index in [9.17, 15) is 13.6 Å². The van der Waals surface area contributed by atoms with Gasteiger partial charge in [0.15, 0.2) is 0 Å². The number of benzene rings is 2. The van der Waals surface area contributed by atoms with Crippen molar-refractivity contribution in [1.29, 1.82) is 0 Å². The van der Waals surface area contributed by atoms with Gasteiger partial charge in [0, 0.05) is 31.0 Å². The molecule has 2 aromatic rings. The SMILES string of the molecule is O=C(NC1CC[C@H]2CN(CCCC(c3ccc(F)cc3)c3ccc(F)cc3)CC12)C(C1CCCCC1)C1CCCCC1. The maximum Gasteiger partial charge on any atom is 0.223 e. The number of nitrogens with zero attached hydrogens (tertiary/aromatic N) is 1. The summed E-state index contributed by atoms with van der Waals surface area (Å²) in [7, 11) is 0. The zero-order chi connectivity index (χ0) is 28.9. The van der Waals surface area contributed by atoms with E-state index < -0.39 is 0 Å². The molecule has 1 amide bonds. The van der Waals surface area contributed by atoms with E-state index in [1.54, 1.807) is 0 Å². The number of fused-ring (bicyclic) bond motifs is 1. The summed E-state index contributed by atoms with van der Waals surface area (Å²) in [5.74, 6) is 2.72. The Hall–Kier alpha value is -2.27. The number of halogens is 2. The highest BCUT2D eigenvalue weighted by atomic mass is 19.1. The standard InChI is InChI=1S/C37H50F2N2O/c38-31-18-13-26(14-19-31)33(27-15-20-32(39)21-16-27)12-7-23-41-24-30-17-22-35(34(30)25-41)40-37(42)36(28-8-3-1-4-9-28)29-10-5-2-6-11-29/h13-16,18-21,28-30,33-36H,1-12,17,22-25H2,(H,40,42)/t30-,34?,35?/m0/s1. The van der Waals surface area contributed by atoms with E-state index in [4.69, 9.17) is 0 Å². The van der Waals surface area contributed by atoms with Gasteiger partial charge in [-0.15, -0.1) is 0 Å². The Morgan fingerprint density at radius 1 is 0.738 bits per heavy atom. The zero-order valence-electron chi connectivity index (χ0n) is 25.3. The normalized spacial score (nSPS) is 25.8. The highest BCUT2D eigenvalue weighted by Crippen LogP contribution is 2.42. The summed E-state index contributed by atoms with van der Waals surface area (Å²) in [6.45, 7) is 3.23. The number of hydrogen-bond acceptors (Lipinski definition) is 2. The first-order chi connectivity index (χ1) is 20.5. The molecule has 42 heavy (non-hydrogen) atoms. The fourth-order valence-corrected chi connectivity index (χ4v) is 9.23. The molecule has 1 saturated heterocycles. The quantitative estimate of drug-likeness (QED) is 0.308. The number of nitrogens with one attached hydrogen (secondary N) is 1. The largest absolute Gasteiger partial charge is 0.353 e. The Balaban J connectivity index is 1.05. The third-order valence-electron chi connectivity index (χ3n) is 11.4. The van der Waals surface area contributed by atoms with Crippen LogP contribution in [0.1, 0.15) is 107 Å². The molecule has 2 unspecified atom stereocenters. The molecule has 0 aromatic heterocycles. The van der Waals surface area contributed by atoms with Crippen LogP contribution in [-0.4, -0.2) is 36.5 Å². The van der Waals surface area contributed by atoms with Gasteiger partial charge in [0.25, 0.3) is 0 Å². The molecule has 3 nitrogen and oxygen atoms in total. The second kappa shape index (κ2) is 14.0. The summed E-state index contributed by atoms with van der Waals surface area (Å²) in [5, 5.41) is 3.67. The van der Waals surface area contributed by atoms with Crippen molar-refractivity contribution in [3.63, 3.8) is 0 Å². The van der Waals surface area contributed by atoms with Gasteiger partial charge in [0.05, 0.1) is 0 Å². The minimum absolute atomic E-state index is 0.122. The minimum atomic E-state index is -0.231. The number of amides is 1. The first-order valence-corrected chi connectivity index (χ1v) is 17.1. The van der Waals surface area contributed by atoms with Gasteiger partial charge in [-0.3, -0.25) is 4.79 Å². The van der Waals surface area contributed by atoms with Crippen LogP contribution in [0.5, 0.6) is 0 Å². The number of rotatable bonds is 10. The number of carbonyl (C=O) groups excluding carboxylic acids is 1. The zero-order valence-corrected chi connectivity index (χ0v) is 25.3. The lowest BCUT2D eigenvalue weighted by atomic mass is 9.69. The molecule has 228 valence electrons. The molecule has 3 saturated carbocycles. The fraction of sp³-hybridized carbons (Fsp3) is 0.649. The molecule has 1 heterocycles. The van der Waals surface area contributed by atoms with Gasteiger partial charge in [0.2, 0.25) is 5.91 Å². The molecule has 0 radical (unpaired) electrons. The lowest BCUT2D eigenvalue weighted by Gasteiger charge is -2.37. The van der Waals surface area contributed by atoms with Crippen LogP contribution in [0.15, 0.2) is 48.5 Å². The Morgan fingerprint density at radius 3 is 1.83 bits per heavy atom. The van der Waals surface area contributed by atoms with E-state index >= 15 is 0 Å². The second-order valence-corrected chi connectivity index (χ2v) is 14.0. The first kappa shape index (κ1) is 29.8. The molecule has 0 spiro atoms. The van der Waals surface area contributed by atoms with E-state index in [1.165, 1.54) is 94.9 Å². The number of likely N-dealkylation sites (tertiary alicyclic amines) is 1. The predicted molar refractivity (Wildman–Crippen MR) is 165 cm³/mol. The van der Waals surface area contributed by atoms with Crippen LogP contribution in [0.3, 0.4) is 0 Å². The van der Waals surface area contributed by atoms with E-state index in [2.05, 4.69) is 10.2 Å². The summed E-state index contributed by atoms with van der Waals surface area (Å²) in [4.78, 5) is 16.6. The molecule has 0 bridgehead atoms. The van der Waals surface area contributed by atoms with Crippen molar-refractivity contribution in [2.75, 3.05) is 19.6 Å². The van der Waals surface area contributed by atoms with Crippen LogP contribution >= 0.6 is 0 Å². The average Bonchev–Trinajstić information content (AvgIpc) is 3.59. The summed E-state index contributed by atoms with van der Waals surface area (Å²) < 4.78 is 27.3. The van der Waals surface area contributed by atoms with E-state index in [-0.39, 0.29) is 23.5 Å². The third kappa shape index (κ3) is 7.09. The van der Waals surface area contributed by atoms with Crippen LogP contribution < -0.4 is 5.32 Å². The van der Waals surface area contributed by atoms with Gasteiger partial charge in [-0.05, 0) is 117 Å². The molecule has 3 aliphatic carbocycles. The monoisotopic (exact) mass is 576 g/mol. The van der Waals surface area contributed by atoms with E-state index in [0.717, 1.165) is 50.0 Å². The first-order valence-electron chi connectivity index (χ1n) is 17.1. The Kier molecular flexibility index (Phi) is 9.94. The second-order valence-electron chi connectivity index (χ2n) is 14.0. The average molecular weight is 577 g/mol. The summed E-state index contributed by atoms with van der Waals surface area (Å²) in [6, 6.07) is 13.9. The smallest absolute Gasteiger partial charge is 0.223 e. The Labute approximate surface area is 251 Å². The fourth-order valence-electron chi connectivity index (χ4n) is 9.23. The van der Waals surface area contributed by atoms with Gasteiger partial charge >= 0.3 is 0 Å². The maximum atomic E-state index is 14.0. The van der Waals surface area contributed by atoms with Crippen molar-refractivity contribution in [2.45, 2.75) is 102 Å². The van der Waals surface area contributed by atoms with Crippen molar-refractivity contribution in [3.8, 4) is 0 Å². The molecule has 1 aliphatic heterocycles. The minimum Gasteiger partial charge on any atom is -0.353 e. The Bertz CT molecular complexity index is 1080. The maximum absolute atomic E-state index is 14.0. The van der Waals surface area contributed by atoms with Gasteiger partial charge in [-0.1, -0.05) is 62.8 Å². The summed E-state index contributed by atoms with van der Waals surface area (Å²) in [5.41, 5.74) is 2.16. The molecular formula is C37H50F2N2O. The highest BCUT2D eigenvalue weighted by Gasteiger charge is 2.45. The summed E-state index contributed by atoms with van der Waals surface area (Å²) >= 11 is 0. The molecule has 6 rings (SSSR count).